The van der Waals surface area contributed by atoms with Crippen LogP contribution in [0.25, 0.3) is 0 Å². The van der Waals surface area contributed by atoms with Crippen LogP contribution in [0.1, 0.15) is 38.2 Å². The number of hydrogen-bond donors (Lipinski definition) is 1. The highest BCUT2D eigenvalue weighted by Gasteiger charge is 2.25. The van der Waals surface area contributed by atoms with E-state index in [9.17, 15) is 0 Å². The number of rotatable bonds is 2. The Morgan fingerprint density at radius 1 is 1.16 bits per heavy atom. The minimum atomic E-state index is 0.462. The smallest absolute Gasteiger partial charge is 0.0399 e. The first-order valence-corrected chi connectivity index (χ1v) is 7.81. The lowest BCUT2D eigenvalue weighted by Crippen LogP contribution is -2.39. The molecule has 1 unspecified atom stereocenters. The number of nitrogens with two attached hydrogens (primary N) is 1. The van der Waals surface area contributed by atoms with Gasteiger partial charge in [0.15, 0.2) is 0 Å². The summed E-state index contributed by atoms with van der Waals surface area (Å²) >= 11 is 0. The maximum absolute atomic E-state index is 6.02. The Morgan fingerprint density at radius 2 is 1.89 bits per heavy atom. The molecule has 1 atom stereocenters. The molecule has 19 heavy (non-hydrogen) atoms. The quantitative estimate of drug-likeness (QED) is 0.882. The molecule has 2 heteroatoms. The minimum Gasteiger partial charge on any atom is -0.371 e. The first kappa shape index (κ1) is 13.0. The van der Waals surface area contributed by atoms with Crippen LogP contribution < -0.4 is 10.6 Å². The second kappa shape index (κ2) is 5.54. The molecule has 0 aromatic heterocycles. The fourth-order valence-corrected chi connectivity index (χ4v) is 3.76. The molecule has 0 spiro atoms. The number of hydrogen-bond acceptors (Lipinski definition) is 2. The zero-order chi connectivity index (χ0) is 13.2. The molecule has 1 fully saturated rings. The number of anilines is 1. The van der Waals surface area contributed by atoms with Crippen molar-refractivity contribution in [2.24, 2.45) is 17.6 Å². The van der Waals surface area contributed by atoms with Crippen molar-refractivity contribution in [1.82, 2.24) is 0 Å². The second-order valence-electron chi connectivity index (χ2n) is 6.62. The lowest BCUT2D eigenvalue weighted by atomic mass is 9.85. The fraction of sp³-hybridized carbons (Fsp3) is 0.647. The van der Waals surface area contributed by atoms with Crippen molar-refractivity contribution in [2.45, 2.75) is 45.1 Å². The van der Waals surface area contributed by atoms with E-state index in [1.807, 2.05) is 0 Å². The summed E-state index contributed by atoms with van der Waals surface area (Å²) in [5, 5.41) is 0. The van der Waals surface area contributed by atoms with E-state index in [0.717, 1.165) is 11.8 Å². The van der Waals surface area contributed by atoms with Crippen LogP contribution in [0.4, 0.5) is 5.69 Å². The molecular formula is C17H26N2. The Hall–Kier alpha value is -1.02. The summed E-state index contributed by atoms with van der Waals surface area (Å²) in [7, 11) is 0. The van der Waals surface area contributed by atoms with Gasteiger partial charge in [-0.15, -0.1) is 0 Å². The van der Waals surface area contributed by atoms with Gasteiger partial charge in [0.1, 0.15) is 0 Å². The van der Waals surface area contributed by atoms with Crippen molar-refractivity contribution in [1.29, 1.82) is 0 Å². The van der Waals surface area contributed by atoms with Gasteiger partial charge in [-0.3, -0.25) is 0 Å². The van der Waals surface area contributed by atoms with Gasteiger partial charge >= 0.3 is 0 Å². The maximum atomic E-state index is 6.02. The van der Waals surface area contributed by atoms with E-state index in [1.165, 1.54) is 56.4 Å². The van der Waals surface area contributed by atoms with Crippen LogP contribution >= 0.6 is 0 Å². The highest BCUT2D eigenvalue weighted by Crippen LogP contribution is 2.32. The molecule has 1 saturated carbocycles. The van der Waals surface area contributed by atoms with Crippen molar-refractivity contribution < 1.29 is 0 Å². The Balaban J connectivity index is 1.71. The van der Waals surface area contributed by atoms with Crippen LogP contribution in [0.5, 0.6) is 0 Å². The van der Waals surface area contributed by atoms with E-state index in [4.69, 9.17) is 5.73 Å². The van der Waals surface area contributed by atoms with E-state index < -0.39 is 0 Å². The van der Waals surface area contributed by atoms with Crippen LogP contribution in [0, 0.1) is 11.8 Å². The van der Waals surface area contributed by atoms with Gasteiger partial charge in [-0.25, -0.2) is 0 Å². The third-order valence-electron chi connectivity index (χ3n) is 4.80. The first-order valence-electron chi connectivity index (χ1n) is 7.81. The highest BCUT2D eigenvalue weighted by atomic mass is 15.1. The number of nitrogens with zero attached hydrogens (tertiary/aromatic N) is 1. The van der Waals surface area contributed by atoms with E-state index in [-0.39, 0.29) is 0 Å². The molecular weight excluding hydrogens is 232 g/mol. The first-order chi connectivity index (χ1) is 9.22. The SMILES string of the molecule is CC1Cc2ccccc2N(CC2CCC(N)CC2)C1. The van der Waals surface area contributed by atoms with Crippen LogP contribution in [-0.4, -0.2) is 19.1 Å². The third kappa shape index (κ3) is 2.94. The topological polar surface area (TPSA) is 29.3 Å². The monoisotopic (exact) mass is 258 g/mol. The van der Waals surface area contributed by atoms with Crippen LogP contribution in [0.3, 0.4) is 0 Å². The van der Waals surface area contributed by atoms with Crippen molar-refractivity contribution in [2.75, 3.05) is 18.0 Å². The molecule has 0 radical (unpaired) electrons. The van der Waals surface area contributed by atoms with Crippen LogP contribution in [0.15, 0.2) is 24.3 Å². The van der Waals surface area contributed by atoms with Gasteiger partial charge < -0.3 is 10.6 Å². The summed E-state index contributed by atoms with van der Waals surface area (Å²) in [6, 6.07) is 9.42. The molecule has 0 saturated heterocycles. The summed E-state index contributed by atoms with van der Waals surface area (Å²) in [6.07, 6.45) is 6.30. The summed E-state index contributed by atoms with van der Waals surface area (Å²) < 4.78 is 0. The van der Waals surface area contributed by atoms with Crippen molar-refractivity contribution in [3.8, 4) is 0 Å². The van der Waals surface area contributed by atoms with Gasteiger partial charge in [-0.2, -0.15) is 0 Å². The fourth-order valence-electron chi connectivity index (χ4n) is 3.76. The zero-order valence-corrected chi connectivity index (χ0v) is 12.0. The molecule has 1 aromatic rings. The number of benzene rings is 1. The Labute approximate surface area is 117 Å². The molecule has 0 amide bonds. The average molecular weight is 258 g/mol. The Bertz CT molecular complexity index is 421. The predicted molar refractivity (Wildman–Crippen MR) is 81.5 cm³/mol. The molecule has 3 rings (SSSR count). The minimum absolute atomic E-state index is 0.462. The van der Waals surface area contributed by atoms with Crippen LogP contribution in [0.2, 0.25) is 0 Å². The molecule has 2 nitrogen and oxygen atoms in total. The summed E-state index contributed by atoms with van der Waals surface area (Å²) in [5.74, 6) is 1.62. The van der Waals surface area contributed by atoms with E-state index in [0.29, 0.717) is 6.04 Å². The van der Waals surface area contributed by atoms with Gasteiger partial charge in [0.05, 0.1) is 0 Å². The van der Waals surface area contributed by atoms with E-state index in [2.05, 4.69) is 36.1 Å². The van der Waals surface area contributed by atoms with Crippen molar-refractivity contribution in [3.63, 3.8) is 0 Å². The number of fused-ring (bicyclic) bond motifs is 1. The molecule has 1 aliphatic heterocycles. The Kier molecular flexibility index (Phi) is 3.79. The highest BCUT2D eigenvalue weighted by molar-refractivity contribution is 5.55. The number of para-hydroxylation sites is 1. The second-order valence-corrected chi connectivity index (χ2v) is 6.62. The molecule has 2 N–H and O–H groups in total. The molecule has 104 valence electrons. The standard InChI is InChI=1S/C17H26N2/c1-13-10-15-4-2-3-5-17(15)19(11-13)12-14-6-8-16(18)9-7-14/h2-5,13-14,16H,6-12,18H2,1H3. The molecule has 1 aromatic carbocycles. The van der Waals surface area contributed by atoms with Crippen molar-refractivity contribution >= 4 is 5.69 Å². The maximum Gasteiger partial charge on any atom is 0.0399 e. The average Bonchev–Trinajstić information content (AvgIpc) is 2.41. The molecule has 0 bridgehead atoms. The van der Waals surface area contributed by atoms with E-state index in [1.54, 1.807) is 0 Å². The largest absolute Gasteiger partial charge is 0.371 e. The van der Waals surface area contributed by atoms with Crippen molar-refractivity contribution in [3.05, 3.63) is 29.8 Å². The van der Waals surface area contributed by atoms with Gasteiger partial charge in [-0.1, -0.05) is 25.1 Å². The normalized spacial score (nSPS) is 31.1. The Morgan fingerprint density at radius 3 is 2.68 bits per heavy atom. The third-order valence-corrected chi connectivity index (χ3v) is 4.80. The lowest BCUT2D eigenvalue weighted by Gasteiger charge is -2.38. The van der Waals surface area contributed by atoms with E-state index >= 15 is 0 Å². The van der Waals surface area contributed by atoms with Crippen LogP contribution in [-0.2, 0) is 6.42 Å². The molecule has 1 aliphatic carbocycles. The van der Waals surface area contributed by atoms with Gasteiger partial charge in [0.25, 0.3) is 0 Å². The summed E-state index contributed by atoms with van der Waals surface area (Å²) in [6.45, 7) is 4.83. The molecule has 2 aliphatic rings. The van der Waals surface area contributed by atoms with Gasteiger partial charge in [0, 0.05) is 24.8 Å². The van der Waals surface area contributed by atoms with Gasteiger partial charge in [-0.05, 0) is 55.6 Å². The lowest BCUT2D eigenvalue weighted by molar-refractivity contribution is 0.321. The predicted octanol–water partition coefficient (Wildman–Crippen LogP) is 3.20. The van der Waals surface area contributed by atoms with Gasteiger partial charge in [0.2, 0.25) is 0 Å². The summed E-state index contributed by atoms with van der Waals surface area (Å²) in [4.78, 5) is 2.63. The molecule has 1 heterocycles. The summed E-state index contributed by atoms with van der Waals surface area (Å²) in [5.41, 5.74) is 9.03. The zero-order valence-electron chi connectivity index (χ0n) is 12.0.